The topological polar surface area (TPSA) is 113 Å². The smallest absolute Gasteiger partial charge is 0.312 e. The first kappa shape index (κ1) is 17.4. The van der Waals surface area contributed by atoms with Crippen molar-refractivity contribution in [3.05, 3.63) is 35.6 Å². The number of hydrazine groups is 1. The minimum atomic E-state index is -0.865. The highest BCUT2D eigenvalue weighted by molar-refractivity contribution is 5.96. The van der Waals surface area contributed by atoms with Crippen molar-refractivity contribution < 1.29 is 18.8 Å². The van der Waals surface area contributed by atoms with Gasteiger partial charge < -0.3 is 11.1 Å². The van der Waals surface area contributed by atoms with Crippen LogP contribution in [-0.4, -0.2) is 23.9 Å². The number of hydrogen-bond acceptors (Lipinski definition) is 3. The van der Waals surface area contributed by atoms with E-state index in [-0.39, 0.29) is 11.5 Å². The van der Waals surface area contributed by atoms with E-state index in [1.165, 1.54) is 12.1 Å². The number of amides is 4. The summed E-state index contributed by atoms with van der Waals surface area (Å²) in [6.45, 7) is 3.62. The molecule has 0 saturated heterocycles. The number of urea groups is 1. The van der Waals surface area contributed by atoms with Gasteiger partial charge in [-0.25, -0.2) is 9.18 Å². The minimum Gasteiger partial charge on any atom is -0.352 e. The van der Waals surface area contributed by atoms with Gasteiger partial charge in [-0.05, 0) is 30.2 Å². The van der Waals surface area contributed by atoms with E-state index in [9.17, 15) is 18.8 Å². The minimum absolute atomic E-state index is 0.171. The van der Waals surface area contributed by atoms with Gasteiger partial charge in [0.1, 0.15) is 11.9 Å². The van der Waals surface area contributed by atoms with Crippen LogP contribution in [0.1, 0.15) is 30.6 Å². The van der Waals surface area contributed by atoms with Gasteiger partial charge >= 0.3 is 6.03 Å². The van der Waals surface area contributed by atoms with Crippen LogP contribution in [0.5, 0.6) is 0 Å². The summed E-state index contributed by atoms with van der Waals surface area (Å²) >= 11 is 0. The quantitative estimate of drug-likeness (QED) is 0.599. The second kappa shape index (κ2) is 7.96. The lowest BCUT2D eigenvalue weighted by Gasteiger charge is -2.22. The van der Waals surface area contributed by atoms with Crippen LogP contribution in [0.2, 0.25) is 0 Å². The standard InChI is InChI=1S/C14H19FN4O3/c1-3-8(2)11(17-14(16)22)13(21)19-18-12(20)9-4-6-10(15)7-5-9/h4-8,11H,3H2,1-2H3,(H,18,20)(H,19,21)(H3,16,17,22). The molecule has 0 aliphatic carbocycles. The molecule has 2 unspecified atom stereocenters. The molecular weight excluding hydrogens is 291 g/mol. The molecule has 1 aromatic carbocycles. The zero-order valence-electron chi connectivity index (χ0n) is 12.4. The molecule has 0 aliphatic heterocycles. The molecule has 2 atom stereocenters. The molecule has 5 N–H and O–H groups in total. The van der Waals surface area contributed by atoms with Gasteiger partial charge in [-0.1, -0.05) is 20.3 Å². The maximum atomic E-state index is 12.8. The molecule has 120 valence electrons. The summed E-state index contributed by atoms with van der Waals surface area (Å²) < 4.78 is 12.8. The first-order valence-electron chi connectivity index (χ1n) is 6.76. The monoisotopic (exact) mass is 310 g/mol. The molecule has 0 saturated carbocycles. The van der Waals surface area contributed by atoms with Crippen molar-refractivity contribution in [2.24, 2.45) is 11.7 Å². The normalized spacial score (nSPS) is 12.9. The highest BCUT2D eigenvalue weighted by atomic mass is 19.1. The van der Waals surface area contributed by atoms with E-state index in [0.717, 1.165) is 12.1 Å². The molecule has 4 amide bonds. The summed E-state index contributed by atoms with van der Waals surface area (Å²) in [5.74, 6) is -1.84. The third kappa shape index (κ3) is 5.04. The van der Waals surface area contributed by atoms with E-state index in [0.29, 0.717) is 6.42 Å². The van der Waals surface area contributed by atoms with Crippen LogP contribution < -0.4 is 21.9 Å². The number of benzene rings is 1. The Bertz CT molecular complexity index is 548. The summed E-state index contributed by atoms with van der Waals surface area (Å²) in [6, 6.07) is 3.14. The molecule has 0 radical (unpaired) electrons. The predicted molar refractivity (Wildman–Crippen MR) is 78.0 cm³/mol. The lowest BCUT2D eigenvalue weighted by atomic mass is 9.99. The molecule has 0 fully saturated rings. The Morgan fingerprint density at radius 1 is 1.18 bits per heavy atom. The number of nitrogens with one attached hydrogen (secondary N) is 3. The van der Waals surface area contributed by atoms with Crippen molar-refractivity contribution in [1.82, 2.24) is 16.2 Å². The number of halogens is 1. The number of nitrogens with two attached hydrogens (primary N) is 1. The SMILES string of the molecule is CCC(C)C(NC(N)=O)C(=O)NNC(=O)c1ccc(F)cc1. The van der Waals surface area contributed by atoms with Gasteiger partial charge in [0.15, 0.2) is 0 Å². The van der Waals surface area contributed by atoms with Crippen molar-refractivity contribution in [3.8, 4) is 0 Å². The fourth-order valence-corrected chi connectivity index (χ4v) is 1.72. The number of carbonyl (C=O) groups excluding carboxylic acids is 3. The highest BCUT2D eigenvalue weighted by Crippen LogP contribution is 2.07. The van der Waals surface area contributed by atoms with Gasteiger partial charge in [0.2, 0.25) is 0 Å². The van der Waals surface area contributed by atoms with Crippen LogP contribution in [0.3, 0.4) is 0 Å². The van der Waals surface area contributed by atoms with E-state index in [4.69, 9.17) is 5.73 Å². The number of hydrogen-bond donors (Lipinski definition) is 4. The van der Waals surface area contributed by atoms with E-state index in [1.54, 1.807) is 6.92 Å². The van der Waals surface area contributed by atoms with Crippen molar-refractivity contribution in [1.29, 1.82) is 0 Å². The van der Waals surface area contributed by atoms with Gasteiger partial charge in [-0.3, -0.25) is 20.4 Å². The molecule has 7 nitrogen and oxygen atoms in total. The summed E-state index contributed by atoms with van der Waals surface area (Å²) in [6.07, 6.45) is 0.629. The Hall–Kier alpha value is -2.64. The van der Waals surface area contributed by atoms with E-state index in [1.807, 2.05) is 6.92 Å². The Balaban J connectivity index is 2.63. The average Bonchev–Trinajstić information content (AvgIpc) is 2.49. The zero-order chi connectivity index (χ0) is 16.7. The molecule has 1 rings (SSSR count). The number of primary amides is 1. The first-order chi connectivity index (χ1) is 10.3. The molecule has 0 bridgehead atoms. The van der Waals surface area contributed by atoms with Crippen molar-refractivity contribution in [3.63, 3.8) is 0 Å². The molecule has 0 spiro atoms. The highest BCUT2D eigenvalue weighted by Gasteiger charge is 2.25. The number of rotatable bonds is 5. The predicted octanol–water partition coefficient (Wildman–Crippen LogP) is 0.670. The zero-order valence-corrected chi connectivity index (χ0v) is 12.4. The van der Waals surface area contributed by atoms with Crippen LogP contribution in [0.4, 0.5) is 9.18 Å². The van der Waals surface area contributed by atoms with Gasteiger partial charge in [0.05, 0.1) is 0 Å². The van der Waals surface area contributed by atoms with E-state index >= 15 is 0 Å². The summed E-state index contributed by atoms with van der Waals surface area (Å²) in [5.41, 5.74) is 9.63. The molecule has 1 aromatic rings. The fraction of sp³-hybridized carbons (Fsp3) is 0.357. The van der Waals surface area contributed by atoms with Crippen molar-refractivity contribution in [2.45, 2.75) is 26.3 Å². The van der Waals surface area contributed by atoms with E-state index in [2.05, 4.69) is 16.2 Å². The average molecular weight is 310 g/mol. The first-order valence-corrected chi connectivity index (χ1v) is 6.76. The summed E-state index contributed by atoms with van der Waals surface area (Å²) in [7, 11) is 0. The molecule has 0 heterocycles. The number of carbonyl (C=O) groups is 3. The van der Waals surface area contributed by atoms with Crippen molar-refractivity contribution >= 4 is 17.8 Å². The van der Waals surface area contributed by atoms with Gasteiger partial charge in [0.25, 0.3) is 11.8 Å². The van der Waals surface area contributed by atoms with Crippen LogP contribution in [0, 0.1) is 11.7 Å². The van der Waals surface area contributed by atoms with Gasteiger partial charge in [-0.2, -0.15) is 0 Å². The van der Waals surface area contributed by atoms with Crippen molar-refractivity contribution in [2.75, 3.05) is 0 Å². The molecular formula is C14H19FN4O3. The summed E-state index contributed by atoms with van der Waals surface area (Å²) in [4.78, 5) is 34.7. The Labute approximate surface area is 127 Å². The maximum absolute atomic E-state index is 12.8. The lowest BCUT2D eigenvalue weighted by molar-refractivity contribution is -0.124. The van der Waals surface area contributed by atoms with E-state index < -0.39 is 29.7 Å². The molecule has 0 aromatic heterocycles. The van der Waals surface area contributed by atoms with Crippen LogP contribution in [0.15, 0.2) is 24.3 Å². The summed E-state index contributed by atoms with van der Waals surface area (Å²) in [5, 5.41) is 2.33. The van der Waals surface area contributed by atoms with Crippen LogP contribution >= 0.6 is 0 Å². The van der Waals surface area contributed by atoms with Crippen LogP contribution in [0.25, 0.3) is 0 Å². The Morgan fingerprint density at radius 3 is 2.27 bits per heavy atom. The Morgan fingerprint density at radius 2 is 1.77 bits per heavy atom. The molecule has 22 heavy (non-hydrogen) atoms. The fourth-order valence-electron chi connectivity index (χ4n) is 1.72. The molecule has 8 heteroatoms. The van der Waals surface area contributed by atoms with Gasteiger partial charge in [-0.15, -0.1) is 0 Å². The third-order valence-corrected chi connectivity index (χ3v) is 3.20. The molecule has 0 aliphatic rings. The Kier molecular flexibility index (Phi) is 6.30. The van der Waals surface area contributed by atoms with Crippen LogP contribution in [-0.2, 0) is 4.79 Å². The lowest BCUT2D eigenvalue weighted by Crippen LogP contribution is -2.55. The maximum Gasteiger partial charge on any atom is 0.312 e. The second-order valence-corrected chi connectivity index (χ2v) is 4.82. The third-order valence-electron chi connectivity index (χ3n) is 3.20. The second-order valence-electron chi connectivity index (χ2n) is 4.82. The van der Waals surface area contributed by atoms with Gasteiger partial charge in [0, 0.05) is 5.56 Å². The largest absolute Gasteiger partial charge is 0.352 e.